The molecule has 0 radical (unpaired) electrons. The number of amides is 4. The number of aromatic carboxylic acids is 1. The molecule has 8 nitrogen and oxygen atoms in total. The number of nitrogens with zero attached hydrogens (tertiary/aromatic N) is 2. The second-order valence-electron chi connectivity index (χ2n) is 7.13. The van der Waals surface area contributed by atoms with E-state index in [1.165, 1.54) is 18.2 Å². The molecule has 0 bridgehead atoms. The van der Waals surface area contributed by atoms with Crippen molar-refractivity contribution >= 4 is 35.6 Å². The number of carbonyl (C=O) groups is 4. The van der Waals surface area contributed by atoms with Gasteiger partial charge in [0.1, 0.15) is 5.57 Å². The van der Waals surface area contributed by atoms with Gasteiger partial charge in [0.25, 0.3) is 11.8 Å². The summed E-state index contributed by atoms with van der Waals surface area (Å²) in [5.41, 5.74) is 2.54. The Balaban J connectivity index is 1.70. The number of urea groups is 1. The molecule has 0 unspecified atom stereocenters. The van der Waals surface area contributed by atoms with Crippen LogP contribution in [0, 0.1) is 0 Å². The number of carboxylic acid groups (broad SMARTS) is 1. The molecule has 1 aromatic heterocycles. The van der Waals surface area contributed by atoms with Gasteiger partial charge in [-0.1, -0.05) is 19.1 Å². The van der Waals surface area contributed by atoms with Crippen molar-refractivity contribution in [1.29, 1.82) is 0 Å². The summed E-state index contributed by atoms with van der Waals surface area (Å²) in [6, 6.07) is 15.8. The Labute approximate surface area is 183 Å². The molecule has 160 valence electrons. The van der Waals surface area contributed by atoms with Crippen molar-refractivity contribution in [1.82, 2.24) is 9.88 Å². The number of carbonyl (C=O) groups excluding carboxylic acids is 3. The van der Waals surface area contributed by atoms with E-state index in [0.29, 0.717) is 17.1 Å². The van der Waals surface area contributed by atoms with Gasteiger partial charge in [-0.3, -0.25) is 14.9 Å². The van der Waals surface area contributed by atoms with E-state index in [0.717, 1.165) is 16.9 Å². The predicted octanol–water partition coefficient (Wildman–Crippen LogP) is 3.40. The standard InChI is InChI=1S/C24H19N3O5/c1-2-15-5-9-18(10-6-15)27-22(29)20(21(28)25-24(27)32)14-19-4-3-13-26(19)17-11-7-16(8-12-17)23(30)31/h3-14H,2H2,1H3,(H,30,31)(H,25,28,32). The molecule has 0 aliphatic carbocycles. The lowest BCUT2D eigenvalue weighted by Gasteiger charge is -2.26. The molecule has 2 aromatic carbocycles. The van der Waals surface area contributed by atoms with Gasteiger partial charge in [-0.05, 0) is 66.6 Å². The van der Waals surface area contributed by atoms with Crippen LogP contribution in [0.2, 0.25) is 0 Å². The Morgan fingerprint density at radius 3 is 2.25 bits per heavy atom. The summed E-state index contributed by atoms with van der Waals surface area (Å²) in [6.07, 6.45) is 3.94. The first-order valence-corrected chi connectivity index (χ1v) is 9.90. The number of aryl methyl sites for hydroxylation is 1. The first-order chi connectivity index (χ1) is 15.4. The van der Waals surface area contributed by atoms with Crippen molar-refractivity contribution in [3.05, 3.63) is 89.3 Å². The van der Waals surface area contributed by atoms with Gasteiger partial charge in [0.05, 0.1) is 11.3 Å². The lowest BCUT2D eigenvalue weighted by molar-refractivity contribution is -0.122. The minimum absolute atomic E-state index is 0.144. The summed E-state index contributed by atoms with van der Waals surface area (Å²) in [7, 11) is 0. The minimum Gasteiger partial charge on any atom is -0.478 e. The average molecular weight is 429 g/mol. The summed E-state index contributed by atoms with van der Waals surface area (Å²) in [5.74, 6) is -2.54. The predicted molar refractivity (Wildman–Crippen MR) is 118 cm³/mol. The zero-order valence-electron chi connectivity index (χ0n) is 17.1. The molecular weight excluding hydrogens is 410 g/mol. The van der Waals surface area contributed by atoms with E-state index >= 15 is 0 Å². The van der Waals surface area contributed by atoms with Gasteiger partial charge in [-0.25, -0.2) is 14.5 Å². The number of carboxylic acids is 1. The van der Waals surface area contributed by atoms with E-state index in [1.54, 1.807) is 47.2 Å². The van der Waals surface area contributed by atoms with Crippen molar-refractivity contribution in [2.45, 2.75) is 13.3 Å². The molecule has 1 fully saturated rings. The van der Waals surface area contributed by atoms with E-state index in [-0.39, 0.29) is 11.1 Å². The molecular formula is C24H19N3O5. The Hall–Kier alpha value is -4.46. The van der Waals surface area contributed by atoms with E-state index < -0.39 is 23.8 Å². The average Bonchev–Trinajstić information content (AvgIpc) is 3.25. The van der Waals surface area contributed by atoms with Gasteiger partial charge in [0.15, 0.2) is 0 Å². The van der Waals surface area contributed by atoms with E-state index in [4.69, 9.17) is 5.11 Å². The summed E-state index contributed by atoms with van der Waals surface area (Å²) in [6.45, 7) is 2.00. The summed E-state index contributed by atoms with van der Waals surface area (Å²) in [5, 5.41) is 11.3. The second-order valence-corrected chi connectivity index (χ2v) is 7.13. The fourth-order valence-electron chi connectivity index (χ4n) is 3.43. The lowest BCUT2D eigenvalue weighted by Crippen LogP contribution is -2.54. The van der Waals surface area contributed by atoms with Crippen LogP contribution in [0.3, 0.4) is 0 Å². The van der Waals surface area contributed by atoms with Gasteiger partial charge < -0.3 is 9.67 Å². The van der Waals surface area contributed by atoms with Crippen LogP contribution in [0.4, 0.5) is 10.5 Å². The van der Waals surface area contributed by atoms with Crippen LogP contribution in [0.1, 0.15) is 28.5 Å². The highest BCUT2D eigenvalue weighted by atomic mass is 16.4. The number of hydrogen-bond acceptors (Lipinski definition) is 4. The van der Waals surface area contributed by atoms with Crippen LogP contribution < -0.4 is 10.2 Å². The highest BCUT2D eigenvalue weighted by Crippen LogP contribution is 2.23. The Morgan fingerprint density at radius 1 is 0.969 bits per heavy atom. The Morgan fingerprint density at radius 2 is 1.62 bits per heavy atom. The van der Waals surface area contributed by atoms with Gasteiger partial charge in [0.2, 0.25) is 0 Å². The van der Waals surface area contributed by atoms with Crippen molar-refractivity contribution in [3.63, 3.8) is 0 Å². The summed E-state index contributed by atoms with van der Waals surface area (Å²) in [4.78, 5) is 50.0. The number of benzene rings is 2. The number of rotatable bonds is 5. The molecule has 1 aliphatic heterocycles. The smallest absolute Gasteiger partial charge is 0.335 e. The van der Waals surface area contributed by atoms with Crippen LogP contribution >= 0.6 is 0 Å². The maximum Gasteiger partial charge on any atom is 0.335 e. The van der Waals surface area contributed by atoms with Crippen molar-refractivity contribution in [2.75, 3.05) is 4.90 Å². The highest BCUT2D eigenvalue weighted by Gasteiger charge is 2.37. The molecule has 4 amide bonds. The molecule has 3 aromatic rings. The second kappa shape index (κ2) is 8.35. The minimum atomic E-state index is -1.03. The molecule has 0 saturated carbocycles. The fraction of sp³-hybridized carbons (Fsp3) is 0.0833. The SMILES string of the molecule is CCc1ccc(N2C(=O)NC(=O)C(=Cc3cccn3-c3ccc(C(=O)O)cc3)C2=O)cc1. The van der Waals surface area contributed by atoms with E-state index in [2.05, 4.69) is 5.32 Å². The van der Waals surface area contributed by atoms with Crippen LogP contribution in [0.15, 0.2) is 72.4 Å². The van der Waals surface area contributed by atoms with Crippen LogP contribution in [0.25, 0.3) is 11.8 Å². The number of imide groups is 2. The van der Waals surface area contributed by atoms with Crippen molar-refractivity contribution in [3.8, 4) is 5.69 Å². The van der Waals surface area contributed by atoms with Crippen molar-refractivity contribution < 1.29 is 24.3 Å². The van der Waals surface area contributed by atoms with E-state index in [9.17, 15) is 19.2 Å². The summed E-state index contributed by atoms with van der Waals surface area (Å²) >= 11 is 0. The number of nitrogens with one attached hydrogen (secondary N) is 1. The monoisotopic (exact) mass is 429 g/mol. The summed E-state index contributed by atoms with van der Waals surface area (Å²) < 4.78 is 1.70. The van der Waals surface area contributed by atoms with Gasteiger partial charge in [0, 0.05) is 17.6 Å². The third-order valence-electron chi connectivity index (χ3n) is 5.17. The molecule has 8 heteroatoms. The van der Waals surface area contributed by atoms with Crippen LogP contribution in [0.5, 0.6) is 0 Å². The highest BCUT2D eigenvalue weighted by molar-refractivity contribution is 6.39. The maximum absolute atomic E-state index is 13.1. The van der Waals surface area contributed by atoms with E-state index in [1.807, 2.05) is 19.1 Å². The molecule has 4 rings (SSSR count). The quantitative estimate of drug-likeness (QED) is 0.477. The normalized spacial score (nSPS) is 15.2. The Bertz CT molecular complexity index is 1250. The molecule has 0 spiro atoms. The number of anilines is 1. The zero-order valence-corrected chi connectivity index (χ0v) is 17.1. The largest absolute Gasteiger partial charge is 0.478 e. The van der Waals surface area contributed by atoms with Gasteiger partial charge >= 0.3 is 12.0 Å². The molecule has 0 atom stereocenters. The van der Waals surface area contributed by atoms with Gasteiger partial charge in [-0.15, -0.1) is 0 Å². The number of barbiturate groups is 1. The van der Waals surface area contributed by atoms with Crippen LogP contribution in [-0.4, -0.2) is 33.5 Å². The first-order valence-electron chi connectivity index (χ1n) is 9.90. The zero-order chi connectivity index (χ0) is 22.8. The molecule has 2 N–H and O–H groups in total. The first kappa shape index (κ1) is 20.8. The lowest BCUT2D eigenvalue weighted by atomic mass is 10.1. The fourth-order valence-corrected chi connectivity index (χ4v) is 3.43. The third-order valence-corrected chi connectivity index (χ3v) is 5.17. The van der Waals surface area contributed by atoms with Crippen LogP contribution in [-0.2, 0) is 16.0 Å². The van der Waals surface area contributed by atoms with Gasteiger partial charge in [-0.2, -0.15) is 0 Å². The maximum atomic E-state index is 13.1. The van der Waals surface area contributed by atoms with Crippen molar-refractivity contribution in [2.24, 2.45) is 0 Å². The molecule has 2 heterocycles. The third kappa shape index (κ3) is 3.81. The molecule has 32 heavy (non-hydrogen) atoms. The topological polar surface area (TPSA) is 109 Å². The number of hydrogen-bond donors (Lipinski definition) is 2. The number of aromatic nitrogens is 1. The Kier molecular flexibility index (Phi) is 5.43. The molecule has 1 aliphatic rings. The molecule has 1 saturated heterocycles.